The van der Waals surface area contributed by atoms with Gasteiger partial charge in [0, 0.05) is 37.1 Å². The molecule has 1 amide bonds. The number of aryl methyl sites for hydroxylation is 2. The second kappa shape index (κ2) is 11.6. The van der Waals surface area contributed by atoms with Gasteiger partial charge in [0.05, 0.1) is 18.8 Å². The maximum atomic E-state index is 13.1. The van der Waals surface area contributed by atoms with Gasteiger partial charge in [-0.3, -0.25) is 19.0 Å². The lowest BCUT2D eigenvalue weighted by Gasteiger charge is -2.17. The predicted octanol–water partition coefficient (Wildman–Crippen LogP) is 4.63. The van der Waals surface area contributed by atoms with Gasteiger partial charge in [-0.1, -0.05) is 51.2 Å². The van der Waals surface area contributed by atoms with Crippen LogP contribution in [0.1, 0.15) is 40.2 Å². The van der Waals surface area contributed by atoms with E-state index < -0.39 is 18.2 Å². The average molecular weight is 517 g/mol. The number of carbonyl (C=O) groups is 2. The molecule has 10 heteroatoms. The Morgan fingerprint density at radius 1 is 1.08 bits per heavy atom. The van der Waals surface area contributed by atoms with Crippen molar-refractivity contribution in [3.05, 3.63) is 87.5 Å². The zero-order valence-electron chi connectivity index (χ0n) is 20.0. The van der Waals surface area contributed by atoms with Gasteiger partial charge in [0.2, 0.25) is 0 Å². The SMILES string of the molecule is Cc1ccc(-c2cc(=O)n(Cc3cccc(C(=O)N(C)CC(=O)P)c3)c(CCCC(F)(F)F)n2)cc1. The highest BCUT2D eigenvalue weighted by Crippen LogP contribution is 2.23. The normalized spacial score (nSPS) is 11.4. The maximum absolute atomic E-state index is 13.1. The maximum Gasteiger partial charge on any atom is 0.389 e. The number of benzene rings is 2. The van der Waals surface area contributed by atoms with Crippen molar-refractivity contribution >= 4 is 20.7 Å². The van der Waals surface area contributed by atoms with Crippen LogP contribution in [0.5, 0.6) is 0 Å². The monoisotopic (exact) mass is 517 g/mol. The third-order valence-electron chi connectivity index (χ3n) is 5.55. The number of rotatable bonds is 9. The molecule has 6 nitrogen and oxygen atoms in total. The summed E-state index contributed by atoms with van der Waals surface area (Å²) < 4.78 is 39.7. The van der Waals surface area contributed by atoms with Gasteiger partial charge in [-0.05, 0) is 31.0 Å². The first kappa shape index (κ1) is 27.3. The van der Waals surface area contributed by atoms with Crippen LogP contribution in [0.25, 0.3) is 11.3 Å². The lowest BCUT2D eigenvalue weighted by Crippen LogP contribution is -2.30. The quantitative estimate of drug-likeness (QED) is 0.388. The van der Waals surface area contributed by atoms with E-state index in [0.29, 0.717) is 22.4 Å². The van der Waals surface area contributed by atoms with E-state index in [4.69, 9.17) is 0 Å². The molecule has 0 N–H and O–H groups in total. The van der Waals surface area contributed by atoms with Crippen molar-refractivity contribution in [2.24, 2.45) is 0 Å². The first-order chi connectivity index (χ1) is 16.9. The largest absolute Gasteiger partial charge is 0.389 e. The van der Waals surface area contributed by atoms with Gasteiger partial charge in [0.15, 0.2) is 5.52 Å². The molecule has 0 bridgehead atoms. The first-order valence-corrected chi connectivity index (χ1v) is 11.9. The molecular formula is C26H27F3N3O3P. The number of hydrogen-bond acceptors (Lipinski definition) is 4. The molecule has 0 spiro atoms. The summed E-state index contributed by atoms with van der Waals surface area (Å²) in [6.07, 6.45) is -5.53. The summed E-state index contributed by atoms with van der Waals surface area (Å²) in [5.74, 6) is -0.122. The molecule has 0 radical (unpaired) electrons. The minimum absolute atomic E-state index is 0.0356. The Morgan fingerprint density at radius 2 is 1.78 bits per heavy atom. The topological polar surface area (TPSA) is 72.3 Å². The molecular weight excluding hydrogens is 490 g/mol. The standard InChI is InChI=1S/C26H27F3N3O3P/c1-17-8-10-19(11-9-17)21-14-23(33)32(22(30-21)7-4-12-26(27,28)29)15-18-5-3-6-20(13-18)25(35)31(2)16-24(34)36/h3,5-6,8-11,13-14H,4,7,12,15-16,36H2,1-2H3. The molecule has 190 valence electrons. The van der Waals surface area contributed by atoms with E-state index >= 15 is 0 Å². The predicted molar refractivity (Wildman–Crippen MR) is 135 cm³/mol. The zero-order valence-corrected chi connectivity index (χ0v) is 21.2. The lowest BCUT2D eigenvalue weighted by molar-refractivity contribution is -0.135. The molecule has 36 heavy (non-hydrogen) atoms. The molecule has 1 heterocycles. The number of nitrogens with zero attached hydrogens (tertiary/aromatic N) is 3. The van der Waals surface area contributed by atoms with Crippen molar-refractivity contribution in [1.29, 1.82) is 0 Å². The molecule has 0 aliphatic carbocycles. The Balaban J connectivity index is 1.95. The van der Waals surface area contributed by atoms with Crippen LogP contribution in [-0.2, 0) is 17.8 Å². The second-order valence-electron chi connectivity index (χ2n) is 8.64. The third kappa shape index (κ3) is 7.59. The van der Waals surface area contributed by atoms with Gasteiger partial charge in [-0.2, -0.15) is 13.2 Å². The van der Waals surface area contributed by atoms with Gasteiger partial charge >= 0.3 is 6.18 Å². The van der Waals surface area contributed by atoms with E-state index in [9.17, 15) is 27.6 Å². The molecule has 0 fully saturated rings. The van der Waals surface area contributed by atoms with Gasteiger partial charge in [-0.25, -0.2) is 4.98 Å². The van der Waals surface area contributed by atoms with Gasteiger partial charge in [0.1, 0.15) is 5.82 Å². The van der Waals surface area contributed by atoms with Gasteiger partial charge in [0.25, 0.3) is 11.5 Å². The van der Waals surface area contributed by atoms with E-state index in [2.05, 4.69) is 4.98 Å². The first-order valence-electron chi connectivity index (χ1n) is 11.3. The van der Waals surface area contributed by atoms with E-state index in [-0.39, 0.29) is 43.2 Å². The Labute approximate surface area is 209 Å². The van der Waals surface area contributed by atoms with Crippen LogP contribution >= 0.6 is 9.24 Å². The number of likely N-dealkylation sites (N-methyl/N-ethyl adjacent to an activating group) is 1. The van der Waals surface area contributed by atoms with E-state index in [0.717, 1.165) is 5.56 Å². The third-order valence-corrected chi connectivity index (χ3v) is 5.73. The molecule has 0 saturated carbocycles. The van der Waals surface area contributed by atoms with Gasteiger partial charge in [-0.15, -0.1) is 0 Å². The average Bonchev–Trinajstić information content (AvgIpc) is 2.80. The van der Waals surface area contributed by atoms with Crippen LogP contribution in [0.3, 0.4) is 0 Å². The van der Waals surface area contributed by atoms with Crippen LogP contribution in [0.4, 0.5) is 13.2 Å². The van der Waals surface area contributed by atoms with Crippen molar-refractivity contribution in [1.82, 2.24) is 14.5 Å². The van der Waals surface area contributed by atoms with Gasteiger partial charge < -0.3 is 4.90 Å². The number of amides is 1. The van der Waals surface area contributed by atoms with Crippen molar-refractivity contribution in [2.45, 2.75) is 38.9 Å². The van der Waals surface area contributed by atoms with Crippen molar-refractivity contribution in [2.75, 3.05) is 13.6 Å². The van der Waals surface area contributed by atoms with Crippen LogP contribution in [0.2, 0.25) is 0 Å². The molecule has 0 saturated heterocycles. The molecule has 2 aromatic carbocycles. The summed E-state index contributed by atoms with van der Waals surface area (Å²) in [5, 5.41) is 0. The fourth-order valence-corrected chi connectivity index (χ4v) is 4.02. The van der Waals surface area contributed by atoms with E-state index in [1.807, 2.05) is 40.4 Å². The number of alkyl halides is 3. The number of halogens is 3. The highest BCUT2D eigenvalue weighted by Gasteiger charge is 2.26. The fraction of sp³-hybridized carbons (Fsp3) is 0.308. The minimum Gasteiger partial charge on any atom is -0.334 e. The summed E-state index contributed by atoms with van der Waals surface area (Å²) in [6, 6.07) is 15.3. The summed E-state index contributed by atoms with van der Waals surface area (Å²) in [4.78, 5) is 42.9. The fourth-order valence-electron chi connectivity index (χ4n) is 3.74. The smallest absolute Gasteiger partial charge is 0.334 e. The Hall–Kier alpha value is -3.32. The molecule has 3 rings (SSSR count). The van der Waals surface area contributed by atoms with Crippen molar-refractivity contribution < 1.29 is 22.8 Å². The molecule has 1 aromatic heterocycles. The zero-order chi connectivity index (χ0) is 26.5. The highest BCUT2D eigenvalue weighted by atomic mass is 31.0. The van der Waals surface area contributed by atoms with Crippen LogP contribution in [-0.4, -0.2) is 45.7 Å². The number of carbonyl (C=O) groups excluding carboxylic acids is 2. The summed E-state index contributed by atoms with van der Waals surface area (Å²) >= 11 is 0. The molecule has 0 aliphatic heterocycles. The Bertz CT molecular complexity index is 1300. The second-order valence-corrected chi connectivity index (χ2v) is 9.29. The van der Waals surface area contributed by atoms with E-state index in [1.165, 1.54) is 22.6 Å². The minimum atomic E-state index is -4.31. The Morgan fingerprint density at radius 3 is 2.42 bits per heavy atom. The van der Waals surface area contributed by atoms with Crippen molar-refractivity contribution in [3.8, 4) is 11.3 Å². The molecule has 0 aliphatic rings. The Kier molecular flexibility index (Phi) is 8.79. The molecule has 1 unspecified atom stereocenters. The van der Waals surface area contributed by atoms with Crippen LogP contribution < -0.4 is 5.56 Å². The van der Waals surface area contributed by atoms with Crippen LogP contribution in [0, 0.1) is 6.92 Å². The summed E-state index contributed by atoms with van der Waals surface area (Å²) in [7, 11) is 3.52. The summed E-state index contributed by atoms with van der Waals surface area (Å²) in [6.45, 7) is 1.89. The number of aromatic nitrogens is 2. The molecule has 3 aromatic rings. The van der Waals surface area contributed by atoms with E-state index in [1.54, 1.807) is 24.3 Å². The molecule has 1 atom stereocenters. The number of hydrogen-bond donors (Lipinski definition) is 0. The van der Waals surface area contributed by atoms with Crippen molar-refractivity contribution in [3.63, 3.8) is 0 Å². The van der Waals surface area contributed by atoms with Crippen LogP contribution in [0.15, 0.2) is 59.4 Å². The highest BCUT2D eigenvalue weighted by molar-refractivity contribution is 7.40. The lowest BCUT2D eigenvalue weighted by atomic mass is 10.1. The summed E-state index contributed by atoms with van der Waals surface area (Å²) in [5.41, 5.74) is 2.42.